The molecule has 2 N–H and O–H groups in total. The molecule has 0 aromatic heterocycles. The van der Waals surface area contributed by atoms with Gasteiger partial charge in [-0.2, -0.15) is 5.26 Å². The molecule has 28 heavy (non-hydrogen) atoms. The zero-order chi connectivity index (χ0) is 20.5. The van der Waals surface area contributed by atoms with Crippen LogP contribution >= 0.6 is 11.6 Å². The second-order valence-corrected chi connectivity index (χ2v) is 6.01. The van der Waals surface area contributed by atoms with E-state index in [-0.39, 0.29) is 16.9 Å². The Morgan fingerprint density at radius 3 is 2.54 bits per heavy atom. The molecule has 0 unspecified atom stereocenters. The van der Waals surface area contributed by atoms with E-state index in [1.165, 1.54) is 31.2 Å². The molecule has 0 radical (unpaired) electrons. The third kappa shape index (κ3) is 6.27. The molecule has 0 heterocycles. The van der Waals surface area contributed by atoms with Gasteiger partial charge >= 0.3 is 5.97 Å². The van der Waals surface area contributed by atoms with Gasteiger partial charge < -0.3 is 15.4 Å². The molecule has 0 aliphatic rings. The molecule has 2 aromatic carbocycles. The number of nitrogens with one attached hydrogen (secondary N) is 2. The Morgan fingerprint density at radius 2 is 1.89 bits per heavy atom. The zero-order valence-electron chi connectivity index (χ0n) is 14.9. The molecule has 0 aliphatic carbocycles. The summed E-state index contributed by atoms with van der Waals surface area (Å²) in [4.78, 5) is 35.7. The maximum atomic E-state index is 12.3. The van der Waals surface area contributed by atoms with Crippen molar-refractivity contribution in [3.8, 4) is 6.07 Å². The van der Waals surface area contributed by atoms with Crippen LogP contribution in [0.5, 0.6) is 0 Å². The van der Waals surface area contributed by atoms with Gasteiger partial charge in [0.2, 0.25) is 5.91 Å². The van der Waals surface area contributed by atoms with Crippen molar-refractivity contribution in [3.05, 3.63) is 70.4 Å². The van der Waals surface area contributed by atoms with Crippen molar-refractivity contribution in [1.29, 1.82) is 5.26 Å². The van der Waals surface area contributed by atoms with Crippen LogP contribution in [0.4, 0.5) is 5.69 Å². The molecule has 7 nitrogen and oxygen atoms in total. The summed E-state index contributed by atoms with van der Waals surface area (Å²) in [6.45, 7) is 0.642. The number of hydrogen-bond donors (Lipinski definition) is 2. The smallest absolute Gasteiger partial charge is 0.355 e. The molecular formula is C20H16ClN3O4. The Balaban J connectivity index is 2.05. The van der Waals surface area contributed by atoms with Gasteiger partial charge in [0, 0.05) is 11.9 Å². The predicted molar refractivity (Wildman–Crippen MR) is 104 cm³/mol. The first kappa shape index (κ1) is 20.7. The number of carbonyl (C=O) groups is 3. The van der Waals surface area contributed by atoms with E-state index in [2.05, 4.69) is 10.6 Å². The van der Waals surface area contributed by atoms with Crippen LogP contribution < -0.4 is 10.6 Å². The summed E-state index contributed by atoms with van der Waals surface area (Å²) < 4.78 is 4.97. The minimum absolute atomic E-state index is 0.105. The molecule has 0 atom stereocenters. The van der Waals surface area contributed by atoms with Crippen molar-refractivity contribution >= 4 is 41.1 Å². The summed E-state index contributed by atoms with van der Waals surface area (Å²) in [5, 5.41) is 14.2. The van der Waals surface area contributed by atoms with Crippen molar-refractivity contribution in [2.45, 2.75) is 6.92 Å². The Kier molecular flexibility index (Phi) is 7.31. The molecule has 0 spiro atoms. The molecule has 0 saturated carbocycles. The minimum atomic E-state index is -0.874. The molecule has 0 saturated heterocycles. The maximum absolute atomic E-state index is 12.3. The van der Waals surface area contributed by atoms with E-state index >= 15 is 0 Å². The highest BCUT2D eigenvalue weighted by Gasteiger charge is 2.16. The standard InChI is InChI=1S/C20H16ClN3O4/c1-13(25)23-18(9-14-5-3-2-4-6-14)20(27)28-12-19(26)24-17-10-16(21)8-7-15(17)11-22/h2-10H,12H2,1H3,(H,23,25)(H,24,26)/b18-9+. The fourth-order valence-corrected chi connectivity index (χ4v) is 2.34. The lowest BCUT2D eigenvalue weighted by atomic mass is 10.2. The number of esters is 1. The highest BCUT2D eigenvalue weighted by atomic mass is 35.5. The fourth-order valence-electron chi connectivity index (χ4n) is 2.16. The number of nitriles is 1. The number of anilines is 1. The van der Waals surface area contributed by atoms with E-state index in [0.29, 0.717) is 10.6 Å². The molecule has 2 rings (SSSR count). The van der Waals surface area contributed by atoms with Crippen LogP contribution in [0.2, 0.25) is 5.02 Å². The number of rotatable bonds is 6. The van der Waals surface area contributed by atoms with Gasteiger partial charge in [-0.3, -0.25) is 9.59 Å². The first-order valence-electron chi connectivity index (χ1n) is 8.10. The highest BCUT2D eigenvalue weighted by molar-refractivity contribution is 6.31. The van der Waals surface area contributed by atoms with E-state index in [9.17, 15) is 14.4 Å². The van der Waals surface area contributed by atoms with E-state index in [1.807, 2.05) is 12.1 Å². The van der Waals surface area contributed by atoms with Crippen molar-refractivity contribution < 1.29 is 19.1 Å². The number of benzene rings is 2. The summed E-state index contributed by atoms with van der Waals surface area (Å²) in [5.41, 5.74) is 0.988. The minimum Gasteiger partial charge on any atom is -0.451 e. The Bertz CT molecular complexity index is 965. The Labute approximate surface area is 166 Å². The van der Waals surface area contributed by atoms with Gasteiger partial charge in [0.05, 0.1) is 11.3 Å². The van der Waals surface area contributed by atoms with Gasteiger partial charge in [-0.05, 0) is 29.8 Å². The van der Waals surface area contributed by atoms with Crippen LogP contribution in [0.25, 0.3) is 6.08 Å². The number of nitrogens with zero attached hydrogens (tertiary/aromatic N) is 1. The average molecular weight is 398 g/mol. The molecule has 0 bridgehead atoms. The zero-order valence-corrected chi connectivity index (χ0v) is 15.6. The Morgan fingerprint density at radius 1 is 1.18 bits per heavy atom. The SMILES string of the molecule is CC(=O)N/C(=C/c1ccccc1)C(=O)OCC(=O)Nc1cc(Cl)ccc1C#N. The Hall–Kier alpha value is -3.63. The monoisotopic (exact) mass is 397 g/mol. The number of hydrogen-bond acceptors (Lipinski definition) is 5. The van der Waals surface area contributed by atoms with Crippen LogP contribution in [-0.4, -0.2) is 24.4 Å². The van der Waals surface area contributed by atoms with Gasteiger partial charge in [-0.1, -0.05) is 41.9 Å². The van der Waals surface area contributed by atoms with Gasteiger partial charge in [0.25, 0.3) is 5.91 Å². The summed E-state index contributed by atoms with van der Waals surface area (Å²) in [6, 6.07) is 15.1. The van der Waals surface area contributed by atoms with E-state index in [4.69, 9.17) is 21.6 Å². The molecule has 142 valence electrons. The molecular weight excluding hydrogens is 382 g/mol. The second-order valence-electron chi connectivity index (χ2n) is 5.58. The molecule has 2 aromatic rings. The van der Waals surface area contributed by atoms with Gasteiger partial charge in [0.1, 0.15) is 11.8 Å². The van der Waals surface area contributed by atoms with Crippen molar-refractivity contribution in [3.63, 3.8) is 0 Å². The number of amides is 2. The van der Waals surface area contributed by atoms with Gasteiger partial charge in [-0.25, -0.2) is 4.79 Å². The van der Waals surface area contributed by atoms with Gasteiger partial charge in [-0.15, -0.1) is 0 Å². The lowest BCUT2D eigenvalue weighted by Gasteiger charge is -2.10. The van der Waals surface area contributed by atoms with Crippen LogP contribution in [-0.2, 0) is 19.1 Å². The number of ether oxygens (including phenoxy) is 1. The third-order valence-corrected chi connectivity index (χ3v) is 3.59. The molecule has 0 aliphatic heterocycles. The summed E-state index contributed by atoms with van der Waals surface area (Å²) in [5.74, 6) is -1.99. The van der Waals surface area contributed by atoms with Crippen LogP contribution in [0.15, 0.2) is 54.2 Å². The quantitative estimate of drug-likeness (QED) is 0.575. The van der Waals surface area contributed by atoms with Crippen LogP contribution in [0.1, 0.15) is 18.1 Å². The van der Waals surface area contributed by atoms with Crippen molar-refractivity contribution in [1.82, 2.24) is 5.32 Å². The first-order valence-corrected chi connectivity index (χ1v) is 8.48. The van der Waals surface area contributed by atoms with E-state index in [0.717, 1.165) is 0 Å². The molecule has 2 amide bonds. The lowest BCUT2D eigenvalue weighted by Crippen LogP contribution is -2.29. The number of carbonyl (C=O) groups excluding carboxylic acids is 3. The largest absolute Gasteiger partial charge is 0.451 e. The second kappa shape index (κ2) is 9.90. The average Bonchev–Trinajstić information content (AvgIpc) is 2.66. The maximum Gasteiger partial charge on any atom is 0.355 e. The van der Waals surface area contributed by atoms with Crippen LogP contribution in [0, 0.1) is 11.3 Å². The van der Waals surface area contributed by atoms with E-state index < -0.39 is 24.4 Å². The highest BCUT2D eigenvalue weighted by Crippen LogP contribution is 2.20. The fraction of sp³-hybridized carbons (Fsp3) is 0.100. The topological polar surface area (TPSA) is 108 Å². The molecule has 0 fully saturated rings. The van der Waals surface area contributed by atoms with Gasteiger partial charge in [0.15, 0.2) is 6.61 Å². The normalized spacial score (nSPS) is 10.5. The lowest BCUT2D eigenvalue weighted by molar-refractivity contribution is -0.144. The number of halogens is 1. The first-order chi connectivity index (χ1) is 13.4. The third-order valence-electron chi connectivity index (χ3n) is 3.35. The predicted octanol–water partition coefficient (Wildman–Crippen LogP) is 2.87. The molecule has 8 heteroatoms. The summed E-state index contributed by atoms with van der Waals surface area (Å²) in [6.07, 6.45) is 1.44. The van der Waals surface area contributed by atoms with Crippen molar-refractivity contribution in [2.24, 2.45) is 0 Å². The summed E-state index contributed by atoms with van der Waals surface area (Å²) >= 11 is 5.86. The summed E-state index contributed by atoms with van der Waals surface area (Å²) in [7, 11) is 0. The van der Waals surface area contributed by atoms with E-state index in [1.54, 1.807) is 24.3 Å². The van der Waals surface area contributed by atoms with Crippen molar-refractivity contribution in [2.75, 3.05) is 11.9 Å². The van der Waals surface area contributed by atoms with Crippen LogP contribution in [0.3, 0.4) is 0 Å².